The van der Waals surface area contributed by atoms with Crippen molar-refractivity contribution in [3.63, 3.8) is 0 Å². The van der Waals surface area contributed by atoms with E-state index in [1.54, 1.807) is 0 Å². The molecule has 0 bridgehead atoms. The number of hydrogen-bond acceptors (Lipinski definition) is 3. The van der Waals surface area contributed by atoms with Crippen molar-refractivity contribution in [1.29, 1.82) is 0 Å². The molecule has 12 heavy (non-hydrogen) atoms. The molecule has 1 saturated heterocycles. The van der Waals surface area contributed by atoms with E-state index in [1.165, 1.54) is 0 Å². The Morgan fingerprint density at radius 3 is 2.58 bits per heavy atom. The molecule has 0 aliphatic carbocycles. The Morgan fingerprint density at radius 1 is 1.58 bits per heavy atom. The van der Waals surface area contributed by atoms with Gasteiger partial charge in [0.15, 0.2) is 0 Å². The Bertz CT molecular complexity index is 128. The van der Waals surface area contributed by atoms with Gasteiger partial charge >= 0.3 is 0 Å². The average Bonchev–Trinajstić information content (AvgIpc) is 2.00. The van der Waals surface area contributed by atoms with Gasteiger partial charge in [0.1, 0.15) is 0 Å². The highest BCUT2D eigenvalue weighted by Gasteiger charge is 2.41. The Labute approximate surface area is 74.4 Å². The first kappa shape index (κ1) is 9.96. The summed E-state index contributed by atoms with van der Waals surface area (Å²) >= 11 is 0. The Balaban J connectivity index is 2.40. The van der Waals surface area contributed by atoms with Gasteiger partial charge in [0.25, 0.3) is 0 Å². The second-order valence-electron chi connectivity index (χ2n) is 3.65. The van der Waals surface area contributed by atoms with E-state index in [2.05, 4.69) is 12.2 Å². The minimum atomic E-state index is 0.235. The summed E-state index contributed by atoms with van der Waals surface area (Å²) in [5, 5.41) is 3.15. The van der Waals surface area contributed by atoms with Gasteiger partial charge in [-0.15, -0.1) is 0 Å². The maximum Gasteiger partial charge on any atom is 0.0796 e. The van der Waals surface area contributed by atoms with Crippen molar-refractivity contribution in [1.82, 2.24) is 5.32 Å². The van der Waals surface area contributed by atoms with E-state index in [1.807, 2.05) is 14.0 Å². The zero-order valence-corrected chi connectivity index (χ0v) is 8.22. The topological polar surface area (TPSA) is 30.5 Å². The van der Waals surface area contributed by atoms with Gasteiger partial charge in [0.05, 0.1) is 19.3 Å². The highest BCUT2D eigenvalue weighted by atomic mass is 16.5. The van der Waals surface area contributed by atoms with E-state index in [-0.39, 0.29) is 5.41 Å². The Morgan fingerprint density at radius 2 is 2.25 bits per heavy atom. The third kappa shape index (κ3) is 1.97. The van der Waals surface area contributed by atoms with Crippen LogP contribution in [0.3, 0.4) is 0 Å². The lowest BCUT2D eigenvalue weighted by molar-refractivity contribution is -0.174. The maximum atomic E-state index is 5.65. The van der Waals surface area contributed by atoms with Gasteiger partial charge in [-0.3, -0.25) is 0 Å². The molecule has 1 fully saturated rings. The number of hydrogen-bond donors (Lipinski definition) is 1. The van der Waals surface area contributed by atoms with Gasteiger partial charge in [-0.1, -0.05) is 6.92 Å². The van der Waals surface area contributed by atoms with E-state index in [4.69, 9.17) is 9.47 Å². The molecule has 3 heteroatoms. The maximum absolute atomic E-state index is 5.65. The molecule has 0 aromatic heterocycles. The highest BCUT2D eigenvalue weighted by molar-refractivity contribution is 4.89. The minimum absolute atomic E-state index is 0.235. The van der Waals surface area contributed by atoms with Gasteiger partial charge in [0.2, 0.25) is 0 Å². The van der Waals surface area contributed by atoms with Gasteiger partial charge in [-0.25, -0.2) is 0 Å². The first-order valence-electron chi connectivity index (χ1n) is 4.57. The van der Waals surface area contributed by atoms with E-state index in [0.29, 0.717) is 6.10 Å². The minimum Gasteiger partial charge on any atom is -0.380 e. The first-order chi connectivity index (χ1) is 5.73. The molecule has 0 aromatic carbocycles. The Hall–Kier alpha value is -0.120. The summed E-state index contributed by atoms with van der Waals surface area (Å²) < 4.78 is 10.9. The summed E-state index contributed by atoms with van der Waals surface area (Å²) in [4.78, 5) is 0. The van der Waals surface area contributed by atoms with Crippen LogP contribution in [0.2, 0.25) is 0 Å². The molecule has 1 atom stereocenters. The molecule has 1 heterocycles. The molecular formula is C9H19NO2. The van der Waals surface area contributed by atoms with Crippen LogP contribution in [-0.2, 0) is 9.47 Å². The fourth-order valence-corrected chi connectivity index (χ4v) is 1.50. The molecule has 0 saturated carbocycles. The largest absolute Gasteiger partial charge is 0.380 e. The van der Waals surface area contributed by atoms with E-state index >= 15 is 0 Å². The molecule has 0 radical (unpaired) electrons. The van der Waals surface area contributed by atoms with Crippen molar-refractivity contribution in [2.24, 2.45) is 5.41 Å². The van der Waals surface area contributed by atoms with E-state index in [9.17, 15) is 0 Å². The summed E-state index contributed by atoms with van der Waals surface area (Å²) in [6.07, 6.45) is 0.293. The number of ether oxygens (including phenoxy) is 2. The number of rotatable bonds is 5. The predicted octanol–water partition coefficient (Wildman–Crippen LogP) is 0.647. The van der Waals surface area contributed by atoms with Gasteiger partial charge in [-0.05, 0) is 14.0 Å². The van der Waals surface area contributed by atoms with Crippen LogP contribution in [0.4, 0.5) is 0 Å². The van der Waals surface area contributed by atoms with Crippen molar-refractivity contribution < 1.29 is 9.47 Å². The van der Waals surface area contributed by atoms with E-state index < -0.39 is 0 Å². The zero-order chi connectivity index (χ0) is 9.03. The smallest absolute Gasteiger partial charge is 0.0796 e. The van der Waals surface area contributed by atoms with Crippen molar-refractivity contribution in [3.8, 4) is 0 Å². The second kappa shape index (κ2) is 4.21. The molecule has 1 rings (SSSR count). The summed E-state index contributed by atoms with van der Waals surface area (Å²) in [6, 6.07) is 0. The van der Waals surface area contributed by atoms with Gasteiger partial charge in [-0.2, -0.15) is 0 Å². The number of likely N-dealkylation sites (N-methyl/N-ethyl adjacent to an activating group) is 1. The average molecular weight is 173 g/mol. The third-order valence-electron chi connectivity index (χ3n) is 2.40. The quantitative estimate of drug-likeness (QED) is 0.662. The fourth-order valence-electron chi connectivity index (χ4n) is 1.50. The first-order valence-corrected chi connectivity index (χ1v) is 4.57. The van der Waals surface area contributed by atoms with Crippen molar-refractivity contribution in [3.05, 3.63) is 0 Å². The summed E-state index contributed by atoms with van der Waals surface area (Å²) in [7, 11) is 1.95. The van der Waals surface area contributed by atoms with Crippen LogP contribution >= 0.6 is 0 Å². The highest BCUT2D eigenvalue weighted by Crippen LogP contribution is 2.32. The SMILES string of the molecule is CCOC(CNC)C1(C)COC1. The fraction of sp³-hybridized carbons (Fsp3) is 1.00. The van der Waals surface area contributed by atoms with Crippen molar-refractivity contribution >= 4 is 0 Å². The van der Waals surface area contributed by atoms with Crippen LogP contribution in [0, 0.1) is 5.41 Å². The molecular weight excluding hydrogens is 154 g/mol. The van der Waals surface area contributed by atoms with Crippen molar-refractivity contribution in [2.75, 3.05) is 33.4 Å². The molecule has 1 aliphatic heterocycles. The number of nitrogens with one attached hydrogen (secondary N) is 1. The monoisotopic (exact) mass is 173 g/mol. The molecule has 1 unspecified atom stereocenters. The normalized spacial score (nSPS) is 23.2. The zero-order valence-electron chi connectivity index (χ0n) is 8.22. The van der Waals surface area contributed by atoms with Gasteiger partial charge < -0.3 is 14.8 Å². The summed E-state index contributed by atoms with van der Waals surface area (Å²) in [5.41, 5.74) is 0.235. The second-order valence-corrected chi connectivity index (χ2v) is 3.65. The molecule has 0 spiro atoms. The Kier molecular flexibility index (Phi) is 3.50. The molecule has 1 aliphatic rings. The van der Waals surface area contributed by atoms with E-state index in [0.717, 1.165) is 26.4 Å². The van der Waals surface area contributed by atoms with Crippen molar-refractivity contribution in [2.45, 2.75) is 20.0 Å². The standard InChI is InChI=1S/C9H19NO2/c1-4-12-8(5-10-3)9(2)6-11-7-9/h8,10H,4-7H2,1-3H3. The van der Waals surface area contributed by atoms with Gasteiger partial charge in [0, 0.05) is 18.6 Å². The van der Waals surface area contributed by atoms with Crippen LogP contribution in [0.1, 0.15) is 13.8 Å². The van der Waals surface area contributed by atoms with Crippen LogP contribution in [0.25, 0.3) is 0 Å². The molecule has 1 N–H and O–H groups in total. The molecule has 3 nitrogen and oxygen atoms in total. The lowest BCUT2D eigenvalue weighted by atomic mass is 9.82. The van der Waals surface area contributed by atoms with Crippen LogP contribution in [0.15, 0.2) is 0 Å². The lowest BCUT2D eigenvalue weighted by Gasteiger charge is -2.43. The van der Waals surface area contributed by atoms with Crippen LogP contribution in [0.5, 0.6) is 0 Å². The predicted molar refractivity (Wildman–Crippen MR) is 48.3 cm³/mol. The summed E-state index contributed by atoms with van der Waals surface area (Å²) in [5.74, 6) is 0. The van der Waals surface area contributed by atoms with Crippen LogP contribution < -0.4 is 5.32 Å². The molecule has 0 amide bonds. The third-order valence-corrected chi connectivity index (χ3v) is 2.40. The van der Waals surface area contributed by atoms with Crippen LogP contribution in [-0.4, -0.2) is 39.5 Å². The molecule has 72 valence electrons. The summed E-state index contributed by atoms with van der Waals surface area (Å²) in [6.45, 7) is 7.61. The molecule has 0 aromatic rings. The lowest BCUT2D eigenvalue weighted by Crippen LogP contribution is -2.53.